The van der Waals surface area contributed by atoms with Crippen LogP contribution in [0, 0.1) is 0 Å². The number of aromatic nitrogens is 2. The van der Waals surface area contributed by atoms with Gasteiger partial charge in [0.25, 0.3) is 0 Å². The second-order valence-corrected chi connectivity index (χ2v) is 5.97. The smallest absolute Gasteiger partial charge is 0.166 e. The van der Waals surface area contributed by atoms with Crippen LogP contribution in [-0.2, 0) is 6.42 Å². The van der Waals surface area contributed by atoms with E-state index in [0.29, 0.717) is 11.4 Å². The Morgan fingerprint density at radius 3 is 2.80 bits per heavy atom. The number of Topliss-reactive ketones (excluding diaryl/α,β-unsaturated/α-hetero) is 1. The van der Waals surface area contributed by atoms with E-state index in [4.69, 9.17) is 16.7 Å². The van der Waals surface area contributed by atoms with Crippen LogP contribution in [0.15, 0.2) is 24.3 Å². The third-order valence-corrected chi connectivity index (χ3v) is 3.94. The monoisotopic (exact) mass is 288 g/mol. The Morgan fingerprint density at radius 2 is 2.10 bits per heavy atom. The summed E-state index contributed by atoms with van der Waals surface area (Å²) in [7, 11) is 0. The van der Waals surface area contributed by atoms with Gasteiger partial charge in [0.2, 0.25) is 0 Å². The van der Waals surface area contributed by atoms with Crippen LogP contribution in [0.25, 0.3) is 5.69 Å². The second kappa shape index (κ2) is 5.06. The summed E-state index contributed by atoms with van der Waals surface area (Å²) in [5.74, 6) is 0.467. The lowest BCUT2D eigenvalue weighted by Gasteiger charge is -2.14. The molecule has 0 fully saturated rings. The molecule has 4 heteroatoms. The zero-order valence-electron chi connectivity index (χ0n) is 11.7. The third-order valence-electron chi connectivity index (χ3n) is 3.70. The largest absolute Gasteiger partial charge is 0.294 e. The molecular formula is C16H17ClN2O. The summed E-state index contributed by atoms with van der Waals surface area (Å²) >= 11 is 6.07. The summed E-state index contributed by atoms with van der Waals surface area (Å²) in [5.41, 5.74) is 3.71. The van der Waals surface area contributed by atoms with E-state index in [9.17, 15) is 4.79 Å². The highest BCUT2D eigenvalue weighted by molar-refractivity contribution is 6.30. The average Bonchev–Trinajstić information content (AvgIpc) is 2.80. The van der Waals surface area contributed by atoms with Gasteiger partial charge in [-0.1, -0.05) is 31.5 Å². The van der Waals surface area contributed by atoms with E-state index in [1.807, 2.05) is 28.9 Å². The minimum atomic E-state index is 0.225. The van der Waals surface area contributed by atoms with Crippen LogP contribution in [0.3, 0.4) is 0 Å². The van der Waals surface area contributed by atoms with Crippen molar-refractivity contribution >= 4 is 17.4 Å². The van der Waals surface area contributed by atoms with Crippen molar-refractivity contribution in [2.75, 3.05) is 0 Å². The van der Waals surface area contributed by atoms with Crippen molar-refractivity contribution in [3.8, 4) is 5.69 Å². The molecule has 3 rings (SSSR count). The highest BCUT2D eigenvalue weighted by atomic mass is 35.5. The van der Waals surface area contributed by atoms with E-state index in [-0.39, 0.29) is 11.7 Å². The number of fused-ring (bicyclic) bond motifs is 1. The number of hydrogen-bond donors (Lipinski definition) is 0. The van der Waals surface area contributed by atoms with Gasteiger partial charge in [0, 0.05) is 11.4 Å². The van der Waals surface area contributed by atoms with Crippen LogP contribution in [0.1, 0.15) is 54.4 Å². The number of ketones is 1. The standard InChI is InChI=1S/C16H17ClN2O/c1-10(2)16-15-13(7-4-8-14(15)20)19(18-16)12-6-3-5-11(17)9-12/h3,5-6,9-10H,4,7-8H2,1-2H3. The molecule has 2 aromatic rings. The maximum atomic E-state index is 12.2. The molecule has 3 nitrogen and oxygen atoms in total. The van der Waals surface area contributed by atoms with Gasteiger partial charge in [-0.3, -0.25) is 4.79 Å². The van der Waals surface area contributed by atoms with Gasteiger partial charge in [-0.05, 0) is 37.0 Å². The summed E-state index contributed by atoms with van der Waals surface area (Å²) in [6.45, 7) is 4.15. The lowest BCUT2D eigenvalue weighted by atomic mass is 9.91. The highest BCUT2D eigenvalue weighted by Crippen LogP contribution is 2.31. The molecule has 0 amide bonds. The SMILES string of the molecule is CC(C)c1nn(-c2cccc(Cl)c2)c2c1C(=O)CCC2. The average molecular weight is 289 g/mol. The number of hydrogen-bond acceptors (Lipinski definition) is 2. The van der Waals surface area contributed by atoms with Crippen LogP contribution in [0.5, 0.6) is 0 Å². The maximum Gasteiger partial charge on any atom is 0.166 e. The number of halogens is 1. The Labute approximate surface area is 123 Å². The number of nitrogens with zero attached hydrogens (tertiary/aromatic N) is 2. The van der Waals surface area contributed by atoms with Crippen molar-refractivity contribution in [3.05, 3.63) is 46.2 Å². The molecule has 0 aliphatic heterocycles. The lowest BCUT2D eigenvalue weighted by Crippen LogP contribution is -2.13. The highest BCUT2D eigenvalue weighted by Gasteiger charge is 2.28. The Balaban J connectivity index is 2.22. The fourth-order valence-corrected chi connectivity index (χ4v) is 2.96. The van der Waals surface area contributed by atoms with Gasteiger partial charge in [0.15, 0.2) is 5.78 Å². The summed E-state index contributed by atoms with van der Waals surface area (Å²) in [6.07, 6.45) is 2.43. The van der Waals surface area contributed by atoms with Gasteiger partial charge in [0.1, 0.15) is 0 Å². The fourth-order valence-electron chi connectivity index (χ4n) is 2.77. The Morgan fingerprint density at radius 1 is 1.30 bits per heavy atom. The van der Waals surface area contributed by atoms with E-state index >= 15 is 0 Å². The zero-order chi connectivity index (χ0) is 14.3. The second-order valence-electron chi connectivity index (χ2n) is 5.53. The van der Waals surface area contributed by atoms with E-state index < -0.39 is 0 Å². The van der Waals surface area contributed by atoms with Crippen molar-refractivity contribution in [1.82, 2.24) is 9.78 Å². The molecular weight excluding hydrogens is 272 g/mol. The molecule has 0 saturated heterocycles. The van der Waals surface area contributed by atoms with Crippen molar-refractivity contribution in [2.45, 2.75) is 39.0 Å². The normalized spacial score (nSPS) is 14.7. The first-order valence-corrected chi connectivity index (χ1v) is 7.36. The molecule has 0 unspecified atom stereocenters. The molecule has 104 valence electrons. The first kappa shape index (κ1) is 13.4. The summed E-state index contributed by atoms with van der Waals surface area (Å²) < 4.78 is 1.90. The molecule has 0 atom stereocenters. The maximum absolute atomic E-state index is 12.2. The van der Waals surface area contributed by atoms with Gasteiger partial charge < -0.3 is 0 Å². The summed E-state index contributed by atoms with van der Waals surface area (Å²) in [6, 6.07) is 7.61. The van der Waals surface area contributed by atoms with E-state index in [1.54, 1.807) is 0 Å². The fraction of sp³-hybridized carbons (Fsp3) is 0.375. The molecule has 0 radical (unpaired) electrons. The topological polar surface area (TPSA) is 34.9 Å². The van der Waals surface area contributed by atoms with Gasteiger partial charge in [0.05, 0.1) is 22.6 Å². The molecule has 0 spiro atoms. The summed E-state index contributed by atoms with van der Waals surface area (Å²) in [5, 5.41) is 5.37. The number of rotatable bonds is 2. The van der Waals surface area contributed by atoms with Crippen LogP contribution in [-0.4, -0.2) is 15.6 Å². The minimum absolute atomic E-state index is 0.225. The Bertz CT molecular complexity index is 673. The predicted molar refractivity (Wildman–Crippen MR) is 79.9 cm³/mol. The van der Waals surface area contributed by atoms with Gasteiger partial charge >= 0.3 is 0 Å². The number of carbonyl (C=O) groups is 1. The van der Waals surface area contributed by atoms with E-state index in [2.05, 4.69) is 13.8 Å². The molecule has 1 aliphatic carbocycles. The molecule has 0 bridgehead atoms. The van der Waals surface area contributed by atoms with Crippen LogP contribution in [0.4, 0.5) is 0 Å². The lowest BCUT2D eigenvalue weighted by molar-refractivity contribution is 0.0971. The van der Waals surface area contributed by atoms with Crippen LogP contribution >= 0.6 is 11.6 Å². The Kier molecular flexibility index (Phi) is 3.38. The molecule has 20 heavy (non-hydrogen) atoms. The quantitative estimate of drug-likeness (QED) is 0.831. The van der Waals surface area contributed by atoms with E-state index in [0.717, 1.165) is 35.5 Å². The molecule has 1 aromatic carbocycles. The van der Waals surface area contributed by atoms with Crippen molar-refractivity contribution in [3.63, 3.8) is 0 Å². The molecule has 0 saturated carbocycles. The van der Waals surface area contributed by atoms with Crippen molar-refractivity contribution < 1.29 is 4.79 Å². The first-order chi connectivity index (χ1) is 9.58. The van der Waals surface area contributed by atoms with Gasteiger partial charge in [-0.25, -0.2) is 4.68 Å². The first-order valence-electron chi connectivity index (χ1n) is 6.99. The van der Waals surface area contributed by atoms with Gasteiger partial charge in [-0.15, -0.1) is 0 Å². The Hall–Kier alpha value is -1.61. The van der Waals surface area contributed by atoms with Crippen LogP contribution in [0.2, 0.25) is 5.02 Å². The number of benzene rings is 1. The minimum Gasteiger partial charge on any atom is -0.294 e. The van der Waals surface area contributed by atoms with Crippen LogP contribution < -0.4 is 0 Å². The third kappa shape index (κ3) is 2.16. The molecule has 1 aromatic heterocycles. The van der Waals surface area contributed by atoms with Gasteiger partial charge in [-0.2, -0.15) is 5.10 Å². The molecule has 0 N–H and O–H groups in total. The molecule has 1 aliphatic rings. The van der Waals surface area contributed by atoms with Crippen molar-refractivity contribution in [2.24, 2.45) is 0 Å². The number of carbonyl (C=O) groups excluding carboxylic acids is 1. The predicted octanol–water partition coefficient (Wildman–Crippen LogP) is 4.17. The summed E-state index contributed by atoms with van der Waals surface area (Å²) in [4.78, 5) is 12.2. The van der Waals surface area contributed by atoms with E-state index in [1.165, 1.54) is 0 Å². The zero-order valence-corrected chi connectivity index (χ0v) is 12.4. The van der Waals surface area contributed by atoms with Crippen molar-refractivity contribution in [1.29, 1.82) is 0 Å². The molecule has 1 heterocycles.